The maximum atomic E-state index is 9.14. The molecule has 0 radical (unpaired) electrons. The van der Waals surface area contributed by atoms with Crippen LogP contribution in [0.2, 0.25) is 0 Å². The van der Waals surface area contributed by atoms with Gasteiger partial charge < -0.3 is 5.21 Å². The van der Waals surface area contributed by atoms with Crippen molar-refractivity contribution in [2.24, 2.45) is 7.05 Å². The SMILES string of the molecule is CC(C)(C)c1nccn1O.CC(C)(C)c1nn[nH]n1.Cn1nncc1C(C)(C)C. The minimum atomic E-state index is -0.0851. The Kier molecular flexibility index (Phi) is 7.65. The molecular formula is C19H35N9O. The number of H-pyrrole nitrogens is 1. The van der Waals surface area contributed by atoms with Crippen LogP contribution in [0, 0.1) is 0 Å². The van der Waals surface area contributed by atoms with Crippen LogP contribution in [0.5, 0.6) is 0 Å². The normalized spacial score (nSPS) is 11.9. The fourth-order valence-electron chi connectivity index (χ4n) is 2.28. The lowest BCUT2D eigenvalue weighted by molar-refractivity contribution is 0.164. The Labute approximate surface area is 172 Å². The average molecular weight is 406 g/mol. The number of tetrazole rings is 1. The van der Waals surface area contributed by atoms with E-state index in [0.29, 0.717) is 5.82 Å². The third-order valence-electron chi connectivity index (χ3n) is 3.79. The van der Waals surface area contributed by atoms with Crippen molar-refractivity contribution in [3.8, 4) is 0 Å². The number of nitrogens with zero attached hydrogens (tertiary/aromatic N) is 8. The van der Waals surface area contributed by atoms with Gasteiger partial charge in [0.15, 0.2) is 5.82 Å². The van der Waals surface area contributed by atoms with E-state index in [9.17, 15) is 0 Å². The maximum Gasteiger partial charge on any atom is 0.179 e. The van der Waals surface area contributed by atoms with Crippen molar-refractivity contribution in [2.45, 2.75) is 78.6 Å². The van der Waals surface area contributed by atoms with E-state index in [4.69, 9.17) is 5.21 Å². The van der Waals surface area contributed by atoms with Gasteiger partial charge in [-0.05, 0) is 0 Å². The second kappa shape index (κ2) is 9.15. The predicted octanol–water partition coefficient (Wildman–Crippen LogP) is 3.03. The average Bonchev–Trinajstić information content (AvgIpc) is 3.25. The van der Waals surface area contributed by atoms with Crippen LogP contribution < -0.4 is 0 Å². The first-order chi connectivity index (χ1) is 13.1. The van der Waals surface area contributed by atoms with E-state index in [0.717, 1.165) is 16.2 Å². The van der Waals surface area contributed by atoms with Crippen molar-refractivity contribution >= 4 is 0 Å². The van der Waals surface area contributed by atoms with E-state index in [-0.39, 0.29) is 16.2 Å². The van der Waals surface area contributed by atoms with Crippen LogP contribution in [-0.4, -0.2) is 50.5 Å². The van der Waals surface area contributed by atoms with Crippen LogP contribution in [0.25, 0.3) is 0 Å². The van der Waals surface area contributed by atoms with Gasteiger partial charge in [0.2, 0.25) is 0 Å². The molecule has 10 heteroatoms. The van der Waals surface area contributed by atoms with E-state index >= 15 is 0 Å². The van der Waals surface area contributed by atoms with E-state index in [1.807, 2.05) is 48.6 Å². The molecule has 0 amide bonds. The van der Waals surface area contributed by atoms with Crippen molar-refractivity contribution in [3.05, 3.63) is 35.9 Å². The van der Waals surface area contributed by atoms with Crippen LogP contribution in [0.3, 0.4) is 0 Å². The molecule has 10 nitrogen and oxygen atoms in total. The molecule has 0 atom stereocenters. The molecule has 0 aromatic carbocycles. The number of hydrogen-bond donors (Lipinski definition) is 2. The van der Waals surface area contributed by atoms with Gasteiger partial charge in [-0.25, -0.2) is 4.98 Å². The second-order valence-electron chi connectivity index (χ2n) is 9.82. The molecule has 3 heterocycles. The predicted molar refractivity (Wildman–Crippen MR) is 111 cm³/mol. The summed E-state index contributed by atoms with van der Waals surface area (Å²) in [6, 6.07) is 0. The number of nitrogens with one attached hydrogen (secondary N) is 1. The molecule has 0 spiro atoms. The van der Waals surface area contributed by atoms with Crippen molar-refractivity contribution in [2.75, 3.05) is 0 Å². The van der Waals surface area contributed by atoms with Gasteiger partial charge in [0.05, 0.1) is 18.1 Å². The molecule has 29 heavy (non-hydrogen) atoms. The highest BCUT2D eigenvalue weighted by atomic mass is 16.5. The summed E-state index contributed by atoms with van der Waals surface area (Å²) < 4.78 is 2.86. The van der Waals surface area contributed by atoms with Crippen LogP contribution >= 0.6 is 0 Å². The van der Waals surface area contributed by atoms with Crippen LogP contribution in [0.1, 0.15) is 79.7 Å². The molecule has 162 valence electrons. The summed E-state index contributed by atoms with van der Waals surface area (Å²) in [5.74, 6) is 1.44. The van der Waals surface area contributed by atoms with E-state index in [2.05, 4.69) is 56.7 Å². The van der Waals surface area contributed by atoms with Crippen molar-refractivity contribution in [1.29, 1.82) is 0 Å². The second-order valence-corrected chi connectivity index (χ2v) is 9.82. The van der Waals surface area contributed by atoms with Crippen molar-refractivity contribution < 1.29 is 5.21 Å². The number of aromatic nitrogens is 9. The quantitative estimate of drug-likeness (QED) is 0.551. The topological polar surface area (TPSA) is 123 Å². The molecule has 0 aliphatic heterocycles. The number of aromatic amines is 1. The molecule has 0 fully saturated rings. The summed E-state index contributed by atoms with van der Waals surface area (Å²) in [6.45, 7) is 18.6. The summed E-state index contributed by atoms with van der Waals surface area (Å²) in [7, 11) is 1.91. The molecule has 0 unspecified atom stereocenters. The molecule has 0 aliphatic carbocycles. The smallest absolute Gasteiger partial charge is 0.179 e. The third kappa shape index (κ3) is 7.63. The Morgan fingerprint density at radius 1 is 0.931 bits per heavy atom. The highest BCUT2D eigenvalue weighted by molar-refractivity contribution is 5.07. The maximum absolute atomic E-state index is 9.14. The van der Waals surface area contributed by atoms with Gasteiger partial charge in [0.25, 0.3) is 0 Å². The summed E-state index contributed by atoms with van der Waals surface area (Å²) in [4.78, 5) is 4.00. The lowest BCUT2D eigenvalue weighted by Gasteiger charge is -2.16. The van der Waals surface area contributed by atoms with Gasteiger partial charge in [-0.1, -0.05) is 72.7 Å². The van der Waals surface area contributed by atoms with Crippen molar-refractivity contribution in [3.63, 3.8) is 0 Å². The molecule has 2 N–H and O–H groups in total. The number of rotatable bonds is 0. The lowest BCUT2D eigenvalue weighted by atomic mass is 9.93. The molecule has 0 aliphatic rings. The Hall–Kier alpha value is -2.78. The third-order valence-corrected chi connectivity index (χ3v) is 3.79. The standard InChI is InChI=1S/C7H13N3.C7H12N2O.C5H10N4/c1-7(2,3)6-5-8-9-10(6)4;1-7(2,3)6-8-4-5-9(6)10;1-5(2,3)4-6-8-9-7-4/h5H,1-4H3;4-5,10H,1-3H3;1-3H3,(H,6,7,8,9). The van der Waals surface area contributed by atoms with Crippen molar-refractivity contribution in [1.82, 2.24) is 45.3 Å². The highest BCUT2D eigenvalue weighted by Crippen LogP contribution is 2.19. The fraction of sp³-hybridized carbons (Fsp3) is 0.684. The van der Waals surface area contributed by atoms with Gasteiger partial charge in [-0.3, -0.25) is 4.68 Å². The van der Waals surface area contributed by atoms with Crippen LogP contribution in [0.4, 0.5) is 0 Å². The summed E-state index contributed by atoms with van der Waals surface area (Å²) in [5.41, 5.74) is 1.23. The Morgan fingerprint density at radius 3 is 1.76 bits per heavy atom. The highest BCUT2D eigenvalue weighted by Gasteiger charge is 2.19. The molecule has 3 aromatic heterocycles. The Morgan fingerprint density at radius 2 is 1.55 bits per heavy atom. The van der Waals surface area contributed by atoms with E-state index < -0.39 is 0 Å². The number of imidazole rings is 1. The monoisotopic (exact) mass is 405 g/mol. The Balaban J connectivity index is 0.000000218. The molecule has 0 saturated heterocycles. The molecule has 0 bridgehead atoms. The molecule has 3 rings (SSSR count). The van der Waals surface area contributed by atoms with Gasteiger partial charge >= 0.3 is 0 Å². The first-order valence-corrected chi connectivity index (χ1v) is 9.46. The number of aryl methyl sites for hydroxylation is 1. The fourth-order valence-corrected chi connectivity index (χ4v) is 2.28. The van der Waals surface area contributed by atoms with Crippen LogP contribution in [-0.2, 0) is 23.3 Å². The van der Waals surface area contributed by atoms with Gasteiger partial charge in [0.1, 0.15) is 5.82 Å². The summed E-state index contributed by atoms with van der Waals surface area (Å²) in [5, 5.41) is 30.3. The first kappa shape index (κ1) is 24.3. The largest absolute Gasteiger partial charge is 0.427 e. The lowest BCUT2D eigenvalue weighted by Crippen LogP contribution is -2.17. The van der Waals surface area contributed by atoms with Gasteiger partial charge in [0, 0.05) is 29.5 Å². The van der Waals surface area contributed by atoms with Gasteiger partial charge in [-0.2, -0.15) is 9.94 Å². The zero-order valence-electron chi connectivity index (χ0n) is 19.3. The van der Waals surface area contributed by atoms with Gasteiger partial charge in [-0.15, -0.1) is 15.3 Å². The minimum absolute atomic E-state index is 0.00694. The summed E-state index contributed by atoms with van der Waals surface area (Å²) >= 11 is 0. The van der Waals surface area contributed by atoms with Crippen LogP contribution in [0.15, 0.2) is 18.6 Å². The number of hydrogen-bond acceptors (Lipinski definition) is 7. The van der Waals surface area contributed by atoms with E-state index in [1.165, 1.54) is 6.20 Å². The molecular weight excluding hydrogens is 370 g/mol. The minimum Gasteiger partial charge on any atom is -0.427 e. The zero-order valence-corrected chi connectivity index (χ0v) is 19.3. The molecule has 0 saturated carbocycles. The Bertz CT molecular complexity index is 793. The zero-order chi connectivity index (χ0) is 22.5. The summed E-state index contributed by atoms with van der Waals surface area (Å²) in [6.07, 6.45) is 4.92. The first-order valence-electron chi connectivity index (χ1n) is 9.46. The molecule has 3 aromatic rings. The van der Waals surface area contributed by atoms with E-state index in [1.54, 1.807) is 17.1 Å².